The Balaban J connectivity index is 1.66. The van der Waals surface area contributed by atoms with Crippen LogP contribution in [-0.2, 0) is 7.05 Å². The summed E-state index contributed by atoms with van der Waals surface area (Å²) >= 11 is 3.20. The second-order valence-electron chi connectivity index (χ2n) is 7.48. The van der Waals surface area contributed by atoms with Gasteiger partial charge in [-0.1, -0.05) is 18.2 Å². The topological polar surface area (TPSA) is 70.6 Å². The first-order valence-corrected chi connectivity index (χ1v) is 12.3. The van der Waals surface area contributed by atoms with Crippen molar-refractivity contribution < 1.29 is 10.2 Å². The molecule has 4 aromatic rings. The van der Waals surface area contributed by atoms with Gasteiger partial charge in [0.25, 0.3) is 5.56 Å². The molecule has 8 heteroatoms. The molecule has 33 heavy (non-hydrogen) atoms. The molecule has 0 fully saturated rings. The Kier molecular flexibility index (Phi) is 7.05. The number of aromatic hydroxyl groups is 2. The Bertz CT molecular complexity index is 1220. The molecule has 0 unspecified atom stereocenters. The van der Waals surface area contributed by atoms with Crippen LogP contribution in [0, 0.1) is 6.92 Å². The molecule has 0 aliphatic carbocycles. The van der Waals surface area contributed by atoms with Crippen molar-refractivity contribution in [3.8, 4) is 17.2 Å². The molecule has 0 atom stereocenters. The van der Waals surface area contributed by atoms with Gasteiger partial charge in [-0.15, -0.1) is 23.5 Å². The van der Waals surface area contributed by atoms with Gasteiger partial charge in [-0.05, 0) is 67.6 Å². The fraction of sp³-hybridized carbons (Fsp3) is 0.160. The first-order chi connectivity index (χ1) is 15.9. The highest BCUT2D eigenvalue weighted by molar-refractivity contribution is 8.00. The summed E-state index contributed by atoms with van der Waals surface area (Å²) in [7, 11) is 1.89. The number of hydrogen-bond acceptors (Lipinski definition) is 6. The lowest BCUT2D eigenvalue weighted by atomic mass is 10.3. The van der Waals surface area contributed by atoms with Crippen molar-refractivity contribution >= 4 is 29.2 Å². The third-order valence-electron chi connectivity index (χ3n) is 5.29. The van der Waals surface area contributed by atoms with Crippen molar-refractivity contribution in [1.82, 2.24) is 9.36 Å². The third-order valence-corrected chi connectivity index (χ3v) is 7.38. The molecule has 0 radical (unpaired) electrons. The molecule has 0 amide bonds. The van der Waals surface area contributed by atoms with Crippen LogP contribution in [0.1, 0.15) is 5.69 Å². The number of para-hydroxylation sites is 1. The SMILES string of the molecule is Cc1c(N(CSc2ccc(O)cc2)CSc2ccc(O)cc2)c(=O)n(-c2ccccc2)n1C. The Morgan fingerprint density at radius 3 is 1.76 bits per heavy atom. The summed E-state index contributed by atoms with van der Waals surface area (Å²) < 4.78 is 3.57. The maximum absolute atomic E-state index is 13.6. The van der Waals surface area contributed by atoms with E-state index in [-0.39, 0.29) is 17.1 Å². The van der Waals surface area contributed by atoms with E-state index in [9.17, 15) is 15.0 Å². The molecule has 170 valence electrons. The Morgan fingerprint density at radius 2 is 1.27 bits per heavy atom. The van der Waals surface area contributed by atoms with E-state index < -0.39 is 0 Å². The van der Waals surface area contributed by atoms with Crippen LogP contribution in [0.15, 0.2) is 93.4 Å². The van der Waals surface area contributed by atoms with Gasteiger partial charge in [-0.25, -0.2) is 4.68 Å². The normalized spacial score (nSPS) is 11.0. The quantitative estimate of drug-likeness (QED) is 0.267. The molecule has 0 aliphatic heterocycles. The van der Waals surface area contributed by atoms with Crippen LogP contribution < -0.4 is 10.5 Å². The minimum absolute atomic E-state index is 0.0705. The molecular weight excluding hydrogens is 454 g/mol. The summed E-state index contributed by atoms with van der Waals surface area (Å²) in [6.45, 7) is 1.96. The molecular formula is C25H25N3O3S2. The van der Waals surface area contributed by atoms with Crippen LogP contribution in [0.25, 0.3) is 5.69 Å². The van der Waals surface area contributed by atoms with Gasteiger partial charge in [0.05, 0.1) is 23.1 Å². The van der Waals surface area contributed by atoms with Gasteiger partial charge >= 0.3 is 0 Å². The number of rotatable bonds is 8. The number of phenols is 2. The first-order valence-electron chi connectivity index (χ1n) is 10.4. The van der Waals surface area contributed by atoms with Gasteiger partial charge in [-0.3, -0.25) is 9.48 Å². The summed E-state index contributed by atoms with van der Waals surface area (Å²) in [6, 6.07) is 23.7. The molecule has 0 bridgehead atoms. The third kappa shape index (κ3) is 5.23. The van der Waals surface area contributed by atoms with Gasteiger partial charge in [0.15, 0.2) is 0 Å². The number of hydrogen-bond donors (Lipinski definition) is 2. The summed E-state index contributed by atoms with van der Waals surface area (Å²) in [5, 5.41) is 19.1. The van der Waals surface area contributed by atoms with E-state index in [1.54, 1.807) is 52.5 Å². The number of thioether (sulfide) groups is 2. The van der Waals surface area contributed by atoms with Gasteiger partial charge in [0.2, 0.25) is 0 Å². The molecule has 3 aromatic carbocycles. The minimum Gasteiger partial charge on any atom is -0.508 e. The molecule has 2 N–H and O–H groups in total. The van der Waals surface area contributed by atoms with E-state index in [1.165, 1.54) is 0 Å². The first kappa shape index (κ1) is 22.9. The lowest BCUT2D eigenvalue weighted by Gasteiger charge is -2.23. The number of nitrogens with zero attached hydrogens (tertiary/aromatic N) is 3. The van der Waals surface area contributed by atoms with Gasteiger partial charge in [0, 0.05) is 16.8 Å². The van der Waals surface area contributed by atoms with Crippen LogP contribution in [0.2, 0.25) is 0 Å². The number of phenolic OH excluding ortho intramolecular Hbond substituents is 2. The second-order valence-corrected chi connectivity index (χ2v) is 9.52. The average molecular weight is 480 g/mol. The zero-order valence-corrected chi connectivity index (χ0v) is 20.0. The number of benzene rings is 3. The molecule has 1 heterocycles. The van der Waals surface area contributed by atoms with E-state index in [0.29, 0.717) is 17.4 Å². The average Bonchev–Trinajstić information content (AvgIpc) is 3.05. The van der Waals surface area contributed by atoms with Crippen LogP contribution in [0.3, 0.4) is 0 Å². The summed E-state index contributed by atoms with van der Waals surface area (Å²) in [4.78, 5) is 17.7. The van der Waals surface area contributed by atoms with Crippen LogP contribution in [0.4, 0.5) is 5.69 Å². The van der Waals surface area contributed by atoms with Crippen molar-refractivity contribution in [2.45, 2.75) is 16.7 Å². The van der Waals surface area contributed by atoms with Gasteiger partial charge < -0.3 is 15.1 Å². The maximum Gasteiger partial charge on any atom is 0.295 e. The Morgan fingerprint density at radius 1 is 0.788 bits per heavy atom. The highest BCUT2D eigenvalue weighted by Gasteiger charge is 2.22. The molecule has 6 nitrogen and oxygen atoms in total. The van der Waals surface area contributed by atoms with Crippen LogP contribution in [-0.4, -0.2) is 31.3 Å². The molecule has 4 rings (SSSR count). The van der Waals surface area contributed by atoms with Crippen molar-refractivity contribution in [1.29, 1.82) is 0 Å². The zero-order chi connectivity index (χ0) is 23.4. The predicted molar refractivity (Wildman–Crippen MR) is 136 cm³/mol. The summed E-state index contributed by atoms with van der Waals surface area (Å²) in [6.07, 6.45) is 0. The smallest absolute Gasteiger partial charge is 0.295 e. The highest BCUT2D eigenvalue weighted by Crippen LogP contribution is 2.29. The molecule has 0 spiro atoms. The van der Waals surface area contributed by atoms with E-state index in [4.69, 9.17) is 0 Å². The molecule has 1 aromatic heterocycles. The fourth-order valence-corrected chi connectivity index (χ4v) is 5.30. The van der Waals surface area contributed by atoms with E-state index in [0.717, 1.165) is 21.2 Å². The zero-order valence-electron chi connectivity index (χ0n) is 18.4. The molecule has 0 saturated carbocycles. The van der Waals surface area contributed by atoms with Crippen LogP contribution in [0.5, 0.6) is 11.5 Å². The number of anilines is 1. The highest BCUT2D eigenvalue weighted by atomic mass is 32.2. The van der Waals surface area contributed by atoms with Crippen molar-refractivity contribution in [2.75, 3.05) is 16.7 Å². The molecule has 0 aliphatic rings. The Labute approximate surface area is 201 Å². The standard InChI is InChI=1S/C25H25N3O3S2/c1-18-24(25(31)28(26(18)2)19-6-4-3-5-7-19)27(16-32-22-12-8-20(29)9-13-22)17-33-23-14-10-21(30)11-15-23/h3-15,29-30H,16-17H2,1-2H3. The predicted octanol–water partition coefficient (Wildman–Crippen LogP) is 5.20. The van der Waals surface area contributed by atoms with E-state index >= 15 is 0 Å². The largest absolute Gasteiger partial charge is 0.508 e. The van der Waals surface area contributed by atoms with Gasteiger partial charge in [0.1, 0.15) is 17.2 Å². The maximum atomic E-state index is 13.6. The summed E-state index contributed by atoms with van der Waals surface area (Å²) in [5.74, 6) is 1.57. The second kappa shape index (κ2) is 10.1. The van der Waals surface area contributed by atoms with E-state index in [1.807, 2.05) is 73.3 Å². The van der Waals surface area contributed by atoms with Crippen LogP contribution >= 0.6 is 23.5 Å². The lowest BCUT2D eigenvalue weighted by Crippen LogP contribution is -2.29. The number of aromatic nitrogens is 2. The fourth-order valence-electron chi connectivity index (χ4n) is 3.47. The monoisotopic (exact) mass is 479 g/mol. The van der Waals surface area contributed by atoms with Crippen molar-refractivity contribution in [3.05, 3.63) is 94.9 Å². The summed E-state index contributed by atoms with van der Waals surface area (Å²) in [5.41, 5.74) is 2.27. The Hall–Kier alpha value is -3.23. The van der Waals surface area contributed by atoms with Crippen molar-refractivity contribution in [2.24, 2.45) is 7.05 Å². The lowest BCUT2D eigenvalue weighted by molar-refractivity contribution is 0.474. The molecule has 0 saturated heterocycles. The van der Waals surface area contributed by atoms with E-state index in [2.05, 4.69) is 4.90 Å². The van der Waals surface area contributed by atoms with Crippen molar-refractivity contribution in [3.63, 3.8) is 0 Å². The minimum atomic E-state index is -0.0705. The van der Waals surface area contributed by atoms with Gasteiger partial charge in [-0.2, -0.15) is 0 Å².